The fourth-order valence-corrected chi connectivity index (χ4v) is 1.78. The Kier molecular flexibility index (Phi) is 3.50. The molecule has 0 saturated carbocycles. The number of ether oxygens (including phenoxy) is 1. The molecule has 1 aromatic carbocycles. The molecule has 0 aliphatic carbocycles. The van der Waals surface area contributed by atoms with Crippen LogP contribution in [0.5, 0.6) is 0 Å². The maximum absolute atomic E-state index is 11.8. The molecular weight excluding hydrogens is 234 g/mol. The molecule has 1 atom stereocenters. The highest BCUT2D eigenvalue weighted by Gasteiger charge is 2.22. The quantitative estimate of drug-likeness (QED) is 0.778. The number of nitrogens with zero attached hydrogens (tertiary/aromatic N) is 1. The van der Waals surface area contributed by atoms with Gasteiger partial charge in [-0.2, -0.15) is 0 Å². The van der Waals surface area contributed by atoms with Crippen molar-refractivity contribution in [1.82, 2.24) is 4.57 Å². The zero-order valence-corrected chi connectivity index (χ0v) is 10.4. The van der Waals surface area contributed by atoms with E-state index in [4.69, 9.17) is 9.15 Å². The number of rotatable bonds is 4. The van der Waals surface area contributed by atoms with Gasteiger partial charge in [0.2, 0.25) is 0 Å². The normalized spacial score (nSPS) is 12.6. The molecule has 0 fully saturated rings. The molecule has 0 saturated heterocycles. The van der Waals surface area contributed by atoms with Crippen LogP contribution in [0.1, 0.15) is 26.3 Å². The van der Waals surface area contributed by atoms with Crippen molar-refractivity contribution >= 4 is 17.1 Å². The van der Waals surface area contributed by atoms with Gasteiger partial charge in [-0.1, -0.05) is 19.1 Å². The van der Waals surface area contributed by atoms with Gasteiger partial charge in [-0.05, 0) is 25.5 Å². The lowest BCUT2D eigenvalue weighted by Gasteiger charge is -2.11. The molecular formula is C13H15NO4. The Morgan fingerprint density at radius 3 is 2.89 bits per heavy atom. The van der Waals surface area contributed by atoms with Crippen molar-refractivity contribution < 1.29 is 13.9 Å². The van der Waals surface area contributed by atoms with Crippen molar-refractivity contribution in [3.63, 3.8) is 0 Å². The van der Waals surface area contributed by atoms with E-state index >= 15 is 0 Å². The third kappa shape index (κ3) is 2.16. The molecule has 0 bridgehead atoms. The molecule has 1 unspecified atom stereocenters. The van der Waals surface area contributed by atoms with Gasteiger partial charge in [0.1, 0.15) is 6.04 Å². The van der Waals surface area contributed by atoms with Crippen LogP contribution >= 0.6 is 0 Å². The fraction of sp³-hybridized carbons (Fsp3) is 0.385. The SMILES string of the molecule is CCCOC(=O)C(C)n1c(=O)oc2ccccc21. The summed E-state index contributed by atoms with van der Waals surface area (Å²) in [5.41, 5.74) is 1.07. The first kappa shape index (κ1) is 12.4. The molecule has 96 valence electrons. The predicted molar refractivity (Wildman–Crippen MR) is 66.4 cm³/mol. The average Bonchev–Trinajstić information content (AvgIpc) is 2.70. The van der Waals surface area contributed by atoms with E-state index in [1.807, 2.05) is 6.92 Å². The van der Waals surface area contributed by atoms with Crippen molar-refractivity contribution in [2.24, 2.45) is 0 Å². The van der Waals surface area contributed by atoms with Gasteiger partial charge in [-0.3, -0.25) is 4.57 Å². The van der Waals surface area contributed by atoms with Gasteiger partial charge in [0.05, 0.1) is 12.1 Å². The molecule has 0 aliphatic rings. The molecule has 0 spiro atoms. The van der Waals surface area contributed by atoms with E-state index in [2.05, 4.69) is 0 Å². The zero-order valence-electron chi connectivity index (χ0n) is 10.4. The molecule has 2 rings (SSSR count). The van der Waals surface area contributed by atoms with E-state index in [9.17, 15) is 9.59 Å². The smallest absolute Gasteiger partial charge is 0.420 e. The molecule has 1 aromatic heterocycles. The summed E-state index contributed by atoms with van der Waals surface area (Å²) in [5.74, 6) is -0.970. The summed E-state index contributed by atoms with van der Waals surface area (Å²) in [6.07, 6.45) is 0.749. The van der Waals surface area contributed by atoms with Crippen LogP contribution in [0.25, 0.3) is 11.1 Å². The van der Waals surface area contributed by atoms with Crippen LogP contribution in [0, 0.1) is 0 Å². The van der Waals surface area contributed by atoms with Gasteiger partial charge >= 0.3 is 11.7 Å². The maximum Gasteiger partial charge on any atom is 0.420 e. The van der Waals surface area contributed by atoms with Gasteiger partial charge in [0, 0.05) is 0 Å². The number of hydrogen-bond donors (Lipinski definition) is 0. The second-order valence-corrected chi connectivity index (χ2v) is 4.05. The van der Waals surface area contributed by atoms with Crippen LogP contribution in [0.15, 0.2) is 33.5 Å². The number of esters is 1. The Hall–Kier alpha value is -2.04. The maximum atomic E-state index is 11.8. The van der Waals surface area contributed by atoms with Crippen LogP contribution in [0.4, 0.5) is 0 Å². The largest absolute Gasteiger partial charge is 0.464 e. The predicted octanol–water partition coefficient (Wildman–Crippen LogP) is 2.11. The van der Waals surface area contributed by atoms with Crippen LogP contribution in [0.3, 0.4) is 0 Å². The minimum atomic E-state index is -0.687. The minimum absolute atomic E-state index is 0.355. The third-order valence-electron chi connectivity index (χ3n) is 2.70. The van der Waals surface area contributed by atoms with E-state index in [1.165, 1.54) is 4.57 Å². The van der Waals surface area contributed by atoms with Gasteiger partial charge < -0.3 is 9.15 Å². The molecule has 0 N–H and O–H groups in total. The fourth-order valence-electron chi connectivity index (χ4n) is 1.78. The van der Waals surface area contributed by atoms with Gasteiger partial charge in [-0.15, -0.1) is 0 Å². The molecule has 0 aliphatic heterocycles. The van der Waals surface area contributed by atoms with Gasteiger partial charge in [-0.25, -0.2) is 9.59 Å². The highest BCUT2D eigenvalue weighted by molar-refractivity contribution is 5.79. The van der Waals surface area contributed by atoms with E-state index in [0.717, 1.165) is 6.42 Å². The van der Waals surface area contributed by atoms with Crippen molar-refractivity contribution in [3.8, 4) is 0 Å². The molecule has 0 amide bonds. The Morgan fingerprint density at radius 2 is 2.17 bits per heavy atom. The first-order chi connectivity index (χ1) is 8.65. The summed E-state index contributed by atoms with van der Waals surface area (Å²) in [6, 6.07) is 6.31. The summed E-state index contributed by atoms with van der Waals surface area (Å²) in [6.45, 7) is 3.90. The summed E-state index contributed by atoms with van der Waals surface area (Å²) >= 11 is 0. The van der Waals surface area contributed by atoms with Crippen molar-refractivity contribution in [2.45, 2.75) is 26.3 Å². The molecule has 2 aromatic rings. The molecule has 5 nitrogen and oxygen atoms in total. The van der Waals surface area contributed by atoms with Crippen LogP contribution in [0.2, 0.25) is 0 Å². The topological polar surface area (TPSA) is 61.4 Å². The lowest BCUT2D eigenvalue weighted by atomic mass is 10.3. The Morgan fingerprint density at radius 1 is 1.44 bits per heavy atom. The van der Waals surface area contributed by atoms with E-state index in [1.54, 1.807) is 31.2 Å². The lowest BCUT2D eigenvalue weighted by Crippen LogP contribution is -2.26. The highest BCUT2D eigenvalue weighted by Crippen LogP contribution is 2.17. The first-order valence-electron chi connectivity index (χ1n) is 5.92. The summed E-state index contributed by atoms with van der Waals surface area (Å²) < 4.78 is 11.4. The summed E-state index contributed by atoms with van der Waals surface area (Å²) in [7, 11) is 0. The zero-order chi connectivity index (χ0) is 13.1. The lowest BCUT2D eigenvalue weighted by molar-refractivity contribution is -0.147. The number of carbonyl (C=O) groups excluding carboxylic acids is 1. The number of oxazole rings is 1. The second kappa shape index (κ2) is 5.08. The van der Waals surface area contributed by atoms with Crippen molar-refractivity contribution in [1.29, 1.82) is 0 Å². The standard InChI is InChI=1S/C13H15NO4/c1-3-8-17-12(15)9(2)14-10-6-4-5-7-11(10)18-13(14)16/h4-7,9H,3,8H2,1-2H3. The van der Waals surface area contributed by atoms with Gasteiger partial charge in [0.15, 0.2) is 5.58 Å². The number of benzene rings is 1. The molecule has 1 heterocycles. The number of fused-ring (bicyclic) bond motifs is 1. The second-order valence-electron chi connectivity index (χ2n) is 4.05. The minimum Gasteiger partial charge on any atom is -0.464 e. The van der Waals surface area contributed by atoms with E-state index in [0.29, 0.717) is 17.7 Å². The number of hydrogen-bond acceptors (Lipinski definition) is 4. The first-order valence-corrected chi connectivity index (χ1v) is 5.92. The van der Waals surface area contributed by atoms with Crippen LogP contribution in [-0.4, -0.2) is 17.1 Å². The van der Waals surface area contributed by atoms with Crippen LogP contribution in [-0.2, 0) is 9.53 Å². The molecule has 5 heteroatoms. The summed E-state index contributed by atoms with van der Waals surface area (Å²) in [5, 5.41) is 0. The van der Waals surface area contributed by atoms with E-state index in [-0.39, 0.29) is 0 Å². The average molecular weight is 249 g/mol. The molecule has 18 heavy (non-hydrogen) atoms. The number of carbonyl (C=O) groups is 1. The monoisotopic (exact) mass is 249 g/mol. The Balaban J connectivity index is 2.38. The Labute approximate surface area is 104 Å². The number of para-hydroxylation sites is 2. The molecule has 0 radical (unpaired) electrons. The van der Waals surface area contributed by atoms with Gasteiger partial charge in [0.25, 0.3) is 0 Å². The van der Waals surface area contributed by atoms with E-state index < -0.39 is 17.8 Å². The van der Waals surface area contributed by atoms with Crippen LogP contribution < -0.4 is 5.76 Å². The summed E-state index contributed by atoms with van der Waals surface area (Å²) in [4.78, 5) is 23.5. The Bertz CT molecular complexity index is 611. The number of aromatic nitrogens is 1. The third-order valence-corrected chi connectivity index (χ3v) is 2.70. The highest BCUT2D eigenvalue weighted by atomic mass is 16.5. The van der Waals surface area contributed by atoms with Crippen molar-refractivity contribution in [2.75, 3.05) is 6.61 Å². The van der Waals surface area contributed by atoms with Crippen molar-refractivity contribution in [3.05, 3.63) is 34.8 Å².